The van der Waals surface area contributed by atoms with Crippen LogP contribution in [0.5, 0.6) is 0 Å². The van der Waals surface area contributed by atoms with Crippen LogP contribution in [0.1, 0.15) is 5.56 Å². The average Bonchev–Trinajstić information content (AvgIpc) is 2.77. The number of carbonyl (C=O) groups is 2. The molecule has 0 aromatic heterocycles. The number of anilines is 1. The maximum absolute atomic E-state index is 11.6. The third-order valence-electron chi connectivity index (χ3n) is 3.65. The van der Waals surface area contributed by atoms with E-state index < -0.39 is 12.2 Å². The summed E-state index contributed by atoms with van der Waals surface area (Å²) in [4.78, 5) is 24.8. The first-order chi connectivity index (χ1) is 10.1. The summed E-state index contributed by atoms with van der Waals surface area (Å²) in [6.45, 7) is 0. The minimum Gasteiger partial charge on any atom is -0.435 e. The SMILES string of the molecule is CN(C)c1ccc(CC2OC(=O)NC2=O)c2ccccc12. The summed E-state index contributed by atoms with van der Waals surface area (Å²) < 4.78 is 4.99. The van der Waals surface area contributed by atoms with Crippen molar-refractivity contribution < 1.29 is 14.3 Å². The molecule has 1 fully saturated rings. The Morgan fingerprint density at radius 3 is 2.43 bits per heavy atom. The van der Waals surface area contributed by atoms with E-state index in [1.54, 1.807) is 0 Å². The lowest BCUT2D eigenvalue weighted by molar-refractivity contribution is -0.123. The van der Waals surface area contributed by atoms with E-state index in [0.29, 0.717) is 6.42 Å². The van der Waals surface area contributed by atoms with Gasteiger partial charge in [0.15, 0.2) is 6.10 Å². The Balaban J connectivity index is 2.02. The highest BCUT2D eigenvalue weighted by atomic mass is 16.6. The van der Waals surface area contributed by atoms with E-state index in [9.17, 15) is 9.59 Å². The van der Waals surface area contributed by atoms with Gasteiger partial charge >= 0.3 is 6.09 Å². The van der Waals surface area contributed by atoms with Crippen molar-refractivity contribution in [3.63, 3.8) is 0 Å². The number of benzene rings is 2. The number of amides is 2. The first kappa shape index (κ1) is 13.4. The number of carbonyl (C=O) groups excluding carboxylic acids is 2. The number of hydrogen-bond acceptors (Lipinski definition) is 4. The third kappa shape index (κ3) is 2.42. The zero-order valence-corrected chi connectivity index (χ0v) is 11.9. The van der Waals surface area contributed by atoms with Gasteiger partial charge in [0.1, 0.15) is 0 Å². The molecule has 2 amide bonds. The molecule has 0 spiro atoms. The van der Waals surface area contributed by atoms with E-state index in [4.69, 9.17) is 4.74 Å². The minimum atomic E-state index is -0.744. The topological polar surface area (TPSA) is 58.6 Å². The quantitative estimate of drug-likeness (QED) is 0.937. The Kier molecular flexibility index (Phi) is 3.25. The highest BCUT2D eigenvalue weighted by molar-refractivity contribution is 6.01. The molecule has 0 aliphatic carbocycles. The van der Waals surface area contributed by atoms with Crippen molar-refractivity contribution in [3.05, 3.63) is 42.0 Å². The van der Waals surface area contributed by atoms with Gasteiger partial charge in [0.2, 0.25) is 0 Å². The summed E-state index contributed by atoms with van der Waals surface area (Å²) in [5, 5.41) is 4.34. The summed E-state index contributed by atoms with van der Waals surface area (Å²) >= 11 is 0. The van der Waals surface area contributed by atoms with Crippen LogP contribution in [-0.2, 0) is 16.0 Å². The van der Waals surface area contributed by atoms with Crippen LogP contribution in [0.25, 0.3) is 10.8 Å². The number of imide groups is 1. The number of fused-ring (bicyclic) bond motifs is 1. The van der Waals surface area contributed by atoms with Gasteiger partial charge < -0.3 is 9.64 Å². The molecule has 1 N–H and O–H groups in total. The van der Waals surface area contributed by atoms with Gasteiger partial charge in [0, 0.05) is 31.6 Å². The molecular formula is C16H16N2O3. The van der Waals surface area contributed by atoms with E-state index in [1.807, 2.05) is 44.4 Å². The van der Waals surface area contributed by atoms with E-state index in [0.717, 1.165) is 22.0 Å². The fourth-order valence-corrected chi connectivity index (χ4v) is 2.64. The van der Waals surface area contributed by atoms with Gasteiger partial charge in [-0.15, -0.1) is 0 Å². The van der Waals surface area contributed by atoms with Crippen LogP contribution in [0.2, 0.25) is 0 Å². The van der Waals surface area contributed by atoms with Crippen molar-refractivity contribution in [2.24, 2.45) is 0 Å². The minimum absolute atomic E-state index is 0.374. The van der Waals surface area contributed by atoms with Crippen molar-refractivity contribution in [2.45, 2.75) is 12.5 Å². The average molecular weight is 284 g/mol. The zero-order chi connectivity index (χ0) is 15.0. The summed E-state index contributed by atoms with van der Waals surface area (Å²) in [5.74, 6) is -0.374. The molecule has 21 heavy (non-hydrogen) atoms. The fraction of sp³-hybridized carbons (Fsp3) is 0.250. The van der Waals surface area contributed by atoms with Crippen molar-refractivity contribution in [1.82, 2.24) is 5.32 Å². The number of alkyl carbamates (subject to hydrolysis) is 1. The molecule has 1 aliphatic rings. The molecule has 5 heteroatoms. The number of nitrogens with zero attached hydrogens (tertiary/aromatic N) is 1. The molecule has 1 atom stereocenters. The fourth-order valence-electron chi connectivity index (χ4n) is 2.64. The first-order valence-corrected chi connectivity index (χ1v) is 6.75. The zero-order valence-electron chi connectivity index (χ0n) is 11.9. The Hall–Kier alpha value is -2.56. The van der Waals surface area contributed by atoms with Gasteiger partial charge in [-0.25, -0.2) is 4.79 Å². The lowest BCUT2D eigenvalue weighted by atomic mass is 9.98. The predicted molar refractivity (Wildman–Crippen MR) is 80.4 cm³/mol. The van der Waals surface area contributed by atoms with E-state index in [-0.39, 0.29) is 5.91 Å². The number of ether oxygens (including phenoxy) is 1. The van der Waals surface area contributed by atoms with Crippen molar-refractivity contribution in [3.8, 4) is 0 Å². The molecular weight excluding hydrogens is 268 g/mol. The second kappa shape index (κ2) is 5.09. The van der Waals surface area contributed by atoms with Gasteiger partial charge in [-0.05, 0) is 17.0 Å². The van der Waals surface area contributed by atoms with Crippen molar-refractivity contribution in [1.29, 1.82) is 0 Å². The van der Waals surface area contributed by atoms with Gasteiger partial charge in [-0.1, -0.05) is 30.3 Å². The van der Waals surface area contributed by atoms with Crippen LogP contribution in [0.3, 0.4) is 0 Å². The van der Waals surface area contributed by atoms with Crippen molar-refractivity contribution in [2.75, 3.05) is 19.0 Å². The Morgan fingerprint density at radius 1 is 1.10 bits per heavy atom. The molecule has 0 saturated carbocycles. The lowest BCUT2D eigenvalue weighted by Gasteiger charge is -2.18. The molecule has 2 aromatic carbocycles. The molecule has 0 radical (unpaired) electrons. The Bertz CT molecular complexity index is 725. The molecule has 1 unspecified atom stereocenters. The van der Waals surface area contributed by atoms with Gasteiger partial charge in [0.25, 0.3) is 5.91 Å². The second-order valence-corrected chi connectivity index (χ2v) is 5.27. The van der Waals surface area contributed by atoms with Crippen molar-refractivity contribution >= 4 is 28.5 Å². The van der Waals surface area contributed by atoms with Crippen LogP contribution in [0, 0.1) is 0 Å². The maximum Gasteiger partial charge on any atom is 0.414 e. The normalized spacial score (nSPS) is 17.7. The lowest BCUT2D eigenvalue weighted by Crippen LogP contribution is -2.26. The largest absolute Gasteiger partial charge is 0.435 e. The van der Waals surface area contributed by atoms with Crippen LogP contribution < -0.4 is 10.2 Å². The van der Waals surface area contributed by atoms with Gasteiger partial charge in [-0.2, -0.15) is 0 Å². The van der Waals surface area contributed by atoms with Gasteiger partial charge in [-0.3, -0.25) is 10.1 Å². The Morgan fingerprint density at radius 2 is 1.81 bits per heavy atom. The Labute approximate surface area is 122 Å². The summed E-state index contributed by atoms with van der Waals surface area (Å²) in [6, 6.07) is 12.0. The molecule has 1 aliphatic heterocycles. The van der Waals surface area contributed by atoms with Crippen LogP contribution in [0.15, 0.2) is 36.4 Å². The molecule has 0 bridgehead atoms. The first-order valence-electron chi connectivity index (χ1n) is 6.75. The van der Waals surface area contributed by atoms with E-state index in [2.05, 4.69) is 16.3 Å². The maximum atomic E-state index is 11.6. The number of nitrogens with one attached hydrogen (secondary N) is 1. The molecule has 3 rings (SSSR count). The van der Waals surface area contributed by atoms with Crippen LogP contribution in [-0.4, -0.2) is 32.2 Å². The highest BCUT2D eigenvalue weighted by Gasteiger charge is 2.32. The highest BCUT2D eigenvalue weighted by Crippen LogP contribution is 2.29. The summed E-state index contributed by atoms with van der Waals surface area (Å²) in [7, 11) is 3.99. The summed E-state index contributed by atoms with van der Waals surface area (Å²) in [6.07, 6.45) is -1.03. The van der Waals surface area contributed by atoms with Crippen LogP contribution >= 0.6 is 0 Å². The number of rotatable bonds is 3. The molecule has 108 valence electrons. The predicted octanol–water partition coefficient (Wildman–Crippen LogP) is 2.08. The van der Waals surface area contributed by atoms with Gasteiger partial charge in [0.05, 0.1) is 0 Å². The molecule has 1 heterocycles. The monoisotopic (exact) mass is 284 g/mol. The van der Waals surface area contributed by atoms with E-state index >= 15 is 0 Å². The number of cyclic esters (lactones) is 1. The standard InChI is InChI=1S/C16H16N2O3/c1-18(2)13-8-7-10(11-5-3-4-6-12(11)13)9-14-15(19)17-16(20)21-14/h3-8,14H,9H2,1-2H3,(H,17,19,20). The molecule has 5 nitrogen and oxygen atoms in total. The second-order valence-electron chi connectivity index (χ2n) is 5.27. The third-order valence-corrected chi connectivity index (χ3v) is 3.65. The molecule has 2 aromatic rings. The van der Waals surface area contributed by atoms with Crippen LogP contribution in [0.4, 0.5) is 10.5 Å². The summed E-state index contributed by atoms with van der Waals surface area (Å²) in [5.41, 5.74) is 2.10. The van der Waals surface area contributed by atoms with E-state index in [1.165, 1.54) is 0 Å². The molecule has 1 saturated heterocycles. The smallest absolute Gasteiger partial charge is 0.414 e. The number of hydrogen-bond donors (Lipinski definition) is 1.